The molecular weight excluding hydrogens is 358 g/mol. The number of thiazole rings is 1. The van der Waals surface area contributed by atoms with Gasteiger partial charge in [0.2, 0.25) is 11.8 Å². The minimum atomic E-state index is -0.0441. The van der Waals surface area contributed by atoms with Gasteiger partial charge in [-0.25, -0.2) is 4.98 Å². The van der Waals surface area contributed by atoms with Crippen molar-refractivity contribution in [3.8, 4) is 11.3 Å². The number of aromatic nitrogens is 1. The predicted molar refractivity (Wildman–Crippen MR) is 108 cm³/mol. The van der Waals surface area contributed by atoms with E-state index in [0.717, 1.165) is 27.5 Å². The molecule has 1 aromatic heterocycles. The van der Waals surface area contributed by atoms with Crippen molar-refractivity contribution in [2.24, 2.45) is 0 Å². The number of carbonyl (C=O) groups excluding carboxylic acids is 2. The summed E-state index contributed by atoms with van der Waals surface area (Å²) in [5.74, 6) is -0.0578. The highest BCUT2D eigenvalue weighted by Crippen LogP contribution is 2.24. The zero-order valence-electron chi connectivity index (χ0n) is 15.1. The van der Waals surface area contributed by atoms with E-state index in [9.17, 15) is 9.59 Å². The van der Waals surface area contributed by atoms with E-state index in [1.807, 2.05) is 66.9 Å². The topological polar surface area (TPSA) is 71.1 Å². The van der Waals surface area contributed by atoms with E-state index >= 15 is 0 Å². The highest BCUT2D eigenvalue weighted by molar-refractivity contribution is 7.10. The highest BCUT2D eigenvalue weighted by atomic mass is 32.1. The number of carbonyl (C=O) groups is 2. The van der Waals surface area contributed by atoms with Gasteiger partial charge in [0.25, 0.3) is 0 Å². The van der Waals surface area contributed by atoms with Gasteiger partial charge in [0.15, 0.2) is 0 Å². The molecule has 0 radical (unpaired) electrons. The van der Waals surface area contributed by atoms with E-state index in [0.29, 0.717) is 13.0 Å². The molecule has 6 heteroatoms. The van der Waals surface area contributed by atoms with Crippen LogP contribution in [-0.2, 0) is 22.6 Å². The molecule has 3 rings (SSSR count). The zero-order chi connectivity index (χ0) is 19.1. The third-order valence-corrected chi connectivity index (χ3v) is 4.83. The number of rotatable bonds is 7. The molecule has 0 bridgehead atoms. The fourth-order valence-electron chi connectivity index (χ4n) is 2.49. The second-order valence-electron chi connectivity index (χ2n) is 6.04. The molecule has 27 heavy (non-hydrogen) atoms. The lowest BCUT2D eigenvalue weighted by atomic mass is 10.1. The molecular formula is C21H21N3O2S. The highest BCUT2D eigenvalue weighted by Gasteiger charge is 2.09. The van der Waals surface area contributed by atoms with Gasteiger partial charge < -0.3 is 10.6 Å². The average Bonchev–Trinajstić information content (AvgIpc) is 3.16. The molecule has 2 amide bonds. The molecule has 0 atom stereocenters. The summed E-state index contributed by atoms with van der Waals surface area (Å²) in [4.78, 5) is 28.1. The van der Waals surface area contributed by atoms with Crippen molar-refractivity contribution in [1.82, 2.24) is 10.3 Å². The maximum absolute atomic E-state index is 12.1. The quantitative estimate of drug-likeness (QED) is 0.651. The number of nitrogens with one attached hydrogen (secondary N) is 2. The third-order valence-electron chi connectivity index (χ3n) is 3.98. The van der Waals surface area contributed by atoms with Gasteiger partial charge in [0.05, 0.1) is 12.1 Å². The van der Waals surface area contributed by atoms with Crippen LogP contribution in [0.1, 0.15) is 23.9 Å². The molecule has 0 aliphatic carbocycles. The smallest absolute Gasteiger partial charge is 0.227 e. The molecule has 0 spiro atoms. The van der Waals surface area contributed by atoms with Gasteiger partial charge in [-0.05, 0) is 17.7 Å². The van der Waals surface area contributed by atoms with Crippen LogP contribution in [0.25, 0.3) is 11.3 Å². The van der Waals surface area contributed by atoms with E-state index in [2.05, 4.69) is 15.6 Å². The normalized spacial score (nSPS) is 10.4. The lowest BCUT2D eigenvalue weighted by molar-refractivity contribution is -0.120. The predicted octanol–water partition coefficient (Wildman–Crippen LogP) is 4.02. The van der Waals surface area contributed by atoms with Gasteiger partial charge in [-0.2, -0.15) is 0 Å². The molecule has 1 heterocycles. The second kappa shape index (κ2) is 9.09. The lowest BCUT2D eigenvalue weighted by Crippen LogP contribution is -2.24. The monoisotopic (exact) mass is 379 g/mol. The Kier molecular flexibility index (Phi) is 6.33. The van der Waals surface area contributed by atoms with Gasteiger partial charge >= 0.3 is 0 Å². The van der Waals surface area contributed by atoms with Crippen molar-refractivity contribution >= 4 is 28.8 Å². The van der Waals surface area contributed by atoms with E-state index in [1.54, 1.807) is 0 Å². The van der Waals surface area contributed by atoms with Gasteiger partial charge in [-0.1, -0.05) is 49.4 Å². The fraction of sp³-hybridized carbons (Fsp3) is 0.190. The first-order chi connectivity index (χ1) is 13.1. The van der Waals surface area contributed by atoms with E-state index in [4.69, 9.17) is 0 Å². The van der Waals surface area contributed by atoms with Crippen molar-refractivity contribution < 1.29 is 9.59 Å². The summed E-state index contributed by atoms with van der Waals surface area (Å²) < 4.78 is 0. The number of hydrogen-bond acceptors (Lipinski definition) is 4. The molecule has 0 unspecified atom stereocenters. The number of benzene rings is 2. The Hall–Kier alpha value is -2.99. The third kappa shape index (κ3) is 5.49. The Balaban J connectivity index is 1.56. The Morgan fingerprint density at radius 1 is 1.00 bits per heavy atom. The molecule has 0 aliphatic heterocycles. The van der Waals surface area contributed by atoms with Crippen LogP contribution in [0, 0.1) is 0 Å². The Labute approximate surface area is 162 Å². The molecule has 138 valence electrons. The van der Waals surface area contributed by atoms with Crippen molar-refractivity contribution in [2.45, 2.75) is 26.3 Å². The number of hydrogen-bond donors (Lipinski definition) is 2. The van der Waals surface area contributed by atoms with Crippen LogP contribution in [0.3, 0.4) is 0 Å². The summed E-state index contributed by atoms with van der Waals surface area (Å²) in [5, 5.41) is 8.46. The van der Waals surface area contributed by atoms with E-state index in [1.165, 1.54) is 11.3 Å². The van der Waals surface area contributed by atoms with Crippen LogP contribution in [0.4, 0.5) is 5.69 Å². The first-order valence-corrected chi connectivity index (χ1v) is 9.67. The summed E-state index contributed by atoms with van der Waals surface area (Å²) >= 11 is 1.47. The summed E-state index contributed by atoms with van der Waals surface area (Å²) in [6, 6.07) is 17.4. The van der Waals surface area contributed by atoms with Crippen LogP contribution in [0.15, 0.2) is 60.0 Å². The Morgan fingerprint density at radius 3 is 2.44 bits per heavy atom. The minimum Gasteiger partial charge on any atom is -0.352 e. The largest absolute Gasteiger partial charge is 0.352 e. The molecule has 2 N–H and O–H groups in total. The molecule has 2 aromatic carbocycles. The summed E-state index contributed by atoms with van der Waals surface area (Å²) in [7, 11) is 0. The van der Waals surface area contributed by atoms with Crippen molar-refractivity contribution in [2.75, 3.05) is 5.32 Å². The van der Waals surface area contributed by atoms with Crippen molar-refractivity contribution in [3.05, 3.63) is 70.5 Å². The maximum Gasteiger partial charge on any atom is 0.227 e. The van der Waals surface area contributed by atoms with Gasteiger partial charge in [-0.3, -0.25) is 9.59 Å². The van der Waals surface area contributed by atoms with Crippen LogP contribution in [0.2, 0.25) is 0 Å². The molecule has 3 aromatic rings. The van der Waals surface area contributed by atoms with Gasteiger partial charge in [0.1, 0.15) is 5.01 Å². The zero-order valence-corrected chi connectivity index (χ0v) is 15.9. The summed E-state index contributed by atoms with van der Waals surface area (Å²) in [6.07, 6.45) is 0.714. The lowest BCUT2D eigenvalue weighted by Gasteiger charge is -2.04. The Bertz CT molecular complexity index is 905. The van der Waals surface area contributed by atoms with Crippen molar-refractivity contribution in [3.63, 3.8) is 0 Å². The summed E-state index contributed by atoms with van der Waals surface area (Å²) in [5.41, 5.74) is 3.62. The Morgan fingerprint density at radius 2 is 1.74 bits per heavy atom. The maximum atomic E-state index is 12.1. The van der Waals surface area contributed by atoms with Crippen LogP contribution in [-0.4, -0.2) is 16.8 Å². The van der Waals surface area contributed by atoms with Gasteiger partial charge in [-0.15, -0.1) is 11.3 Å². The van der Waals surface area contributed by atoms with Crippen LogP contribution >= 0.6 is 11.3 Å². The van der Waals surface area contributed by atoms with E-state index < -0.39 is 0 Å². The number of amides is 2. The second-order valence-corrected chi connectivity index (χ2v) is 6.99. The standard InChI is InChI=1S/C21H21N3O2S/c1-2-19(25)23-17-10-8-16(9-11-17)18-14-27-21(24-18)12-20(26)22-13-15-6-4-3-5-7-15/h3-11,14H,2,12-13H2,1H3,(H,22,26)(H,23,25). The fourth-order valence-corrected chi connectivity index (χ4v) is 3.30. The van der Waals surface area contributed by atoms with Crippen LogP contribution < -0.4 is 10.6 Å². The molecule has 0 aliphatic rings. The molecule has 0 saturated heterocycles. The van der Waals surface area contributed by atoms with Crippen molar-refractivity contribution in [1.29, 1.82) is 0 Å². The molecule has 0 fully saturated rings. The first kappa shape index (κ1) is 18.8. The molecule has 5 nitrogen and oxygen atoms in total. The van der Waals surface area contributed by atoms with Crippen LogP contribution in [0.5, 0.6) is 0 Å². The van der Waals surface area contributed by atoms with Gasteiger partial charge in [0, 0.05) is 29.6 Å². The average molecular weight is 379 g/mol. The molecule has 0 saturated carbocycles. The number of anilines is 1. The first-order valence-electron chi connectivity index (χ1n) is 8.79. The SMILES string of the molecule is CCC(=O)Nc1ccc(-c2csc(CC(=O)NCc3ccccc3)n2)cc1. The van der Waals surface area contributed by atoms with E-state index in [-0.39, 0.29) is 18.2 Å². The minimum absolute atomic E-state index is 0.0137. The number of nitrogens with zero attached hydrogens (tertiary/aromatic N) is 1. The summed E-state index contributed by atoms with van der Waals surface area (Å²) in [6.45, 7) is 2.33.